The van der Waals surface area contributed by atoms with E-state index in [4.69, 9.17) is 21.3 Å². The number of benzene rings is 1. The van der Waals surface area contributed by atoms with Crippen molar-refractivity contribution in [1.29, 1.82) is 0 Å². The zero-order valence-electron chi connectivity index (χ0n) is 19.6. The van der Waals surface area contributed by atoms with Gasteiger partial charge in [-0.05, 0) is 62.1 Å². The second kappa shape index (κ2) is 11.2. The van der Waals surface area contributed by atoms with E-state index in [-0.39, 0.29) is 45.1 Å². The number of hydrogen-bond donors (Lipinski definition) is 1. The summed E-state index contributed by atoms with van der Waals surface area (Å²) in [6.07, 6.45) is 6.44. The van der Waals surface area contributed by atoms with Crippen LogP contribution in [-0.2, 0) is 16.1 Å². The Hall–Kier alpha value is -1.59. The number of carboxylic acid groups (broad SMARTS) is 1. The van der Waals surface area contributed by atoms with Crippen LogP contribution in [0.2, 0.25) is 5.02 Å². The van der Waals surface area contributed by atoms with E-state index in [2.05, 4.69) is 4.90 Å². The van der Waals surface area contributed by atoms with Gasteiger partial charge in [-0.1, -0.05) is 11.6 Å². The smallest absolute Gasteiger partial charge is 0.323 e. The van der Waals surface area contributed by atoms with Crippen molar-refractivity contribution >= 4 is 84.1 Å². The molecule has 2 aliphatic rings. The van der Waals surface area contributed by atoms with Crippen LogP contribution in [0.3, 0.4) is 0 Å². The molecular formula is C24H30ClN3O4S3. The summed E-state index contributed by atoms with van der Waals surface area (Å²) in [5.74, 6) is 0.431. The molecule has 0 spiro atoms. The minimum Gasteiger partial charge on any atom is -0.480 e. The highest BCUT2D eigenvalue weighted by molar-refractivity contribution is 7.99. The second-order valence-corrected chi connectivity index (χ2v) is 10.1. The lowest BCUT2D eigenvalue weighted by Gasteiger charge is -2.43. The Balaban J connectivity index is 0.00000171. The Morgan fingerprint density at radius 2 is 1.91 bits per heavy atom. The number of halogens is 1. The Labute approximate surface area is 227 Å². The third-order valence-corrected chi connectivity index (χ3v) is 7.99. The van der Waals surface area contributed by atoms with Gasteiger partial charge in [-0.15, -0.1) is 11.8 Å². The van der Waals surface area contributed by atoms with Gasteiger partial charge in [0.1, 0.15) is 18.0 Å². The molecule has 5 rings (SSSR count). The van der Waals surface area contributed by atoms with Gasteiger partial charge in [-0.2, -0.15) is 27.0 Å². The highest BCUT2D eigenvalue weighted by atomic mass is 35.5. The van der Waals surface area contributed by atoms with E-state index < -0.39 is 5.97 Å². The molecule has 11 heteroatoms. The molecule has 2 heterocycles. The van der Waals surface area contributed by atoms with Crippen LogP contribution in [0.15, 0.2) is 34.0 Å². The van der Waals surface area contributed by atoms with E-state index in [0.29, 0.717) is 43.8 Å². The zero-order chi connectivity index (χ0) is 23.3. The molecule has 0 radical (unpaired) electrons. The summed E-state index contributed by atoms with van der Waals surface area (Å²) in [6, 6.07) is 7.38. The fourth-order valence-electron chi connectivity index (χ4n) is 4.71. The van der Waals surface area contributed by atoms with Gasteiger partial charge in [-0.25, -0.2) is 4.98 Å². The number of carbonyl (C=O) groups is 1. The van der Waals surface area contributed by atoms with Crippen molar-refractivity contribution in [1.82, 2.24) is 9.55 Å². The van der Waals surface area contributed by atoms with Crippen molar-refractivity contribution < 1.29 is 14.6 Å². The quantitative estimate of drug-likeness (QED) is 0.320. The fourth-order valence-corrected chi connectivity index (χ4v) is 5.77. The summed E-state index contributed by atoms with van der Waals surface area (Å²) in [7, 11) is 1.74. The Morgan fingerprint density at radius 3 is 2.51 bits per heavy atom. The molecule has 3 aromatic rings. The van der Waals surface area contributed by atoms with Gasteiger partial charge in [0.05, 0.1) is 26.9 Å². The number of aromatic nitrogens is 2. The number of ether oxygens (including phenoxy) is 1. The number of anilines is 1. The number of fused-ring (bicyclic) bond motifs is 2. The predicted molar refractivity (Wildman–Crippen MR) is 153 cm³/mol. The maximum absolute atomic E-state index is 13.4. The van der Waals surface area contributed by atoms with E-state index in [0.717, 1.165) is 25.2 Å². The molecule has 0 unspecified atom stereocenters. The van der Waals surface area contributed by atoms with Gasteiger partial charge < -0.3 is 19.3 Å². The molecule has 2 aromatic heterocycles. The third kappa shape index (κ3) is 5.27. The summed E-state index contributed by atoms with van der Waals surface area (Å²) in [5, 5.41) is 11.0. The number of thioether (sulfide) groups is 1. The minimum absolute atomic E-state index is 0. The Kier molecular flexibility index (Phi) is 8.96. The van der Waals surface area contributed by atoms with Crippen LogP contribution in [0, 0.1) is 5.92 Å². The van der Waals surface area contributed by atoms with Gasteiger partial charge in [0.25, 0.3) is 0 Å². The summed E-state index contributed by atoms with van der Waals surface area (Å²) < 4.78 is 7.11. The number of methoxy groups -OCH3 is 1. The topological polar surface area (TPSA) is 84.7 Å². The first kappa shape index (κ1) is 28.0. The van der Waals surface area contributed by atoms with E-state index in [1.165, 1.54) is 24.6 Å². The first-order valence-electron chi connectivity index (χ1n) is 11.1. The number of nitrogens with zero attached hydrogens (tertiary/aromatic N) is 3. The zero-order valence-corrected chi connectivity index (χ0v) is 23.2. The molecule has 0 bridgehead atoms. The van der Waals surface area contributed by atoms with Gasteiger partial charge >= 0.3 is 5.97 Å². The van der Waals surface area contributed by atoms with Gasteiger partial charge in [0.15, 0.2) is 5.43 Å². The highest BCUT2D eigenvalue weighted by Gasteiger charge is 2.37. The molecule has 0 amide bonds. The summed E-state index contributed by atoms with van der Waals surface area (Å²) in [5.41, 5.74) is 0.745. The van der Waals surface area contributed by atoms with Crippen LogP contribution in [-0.4, -0.2) is 52.7 Å². The molecule has 2 aliphatic carbocycles. The number of carboxylic acids is 1. The van der Waals surface area contributed by atoms with Crippen LogP contribution in [0.4, 0.5) is 5.82 Å². The van der Waals surface area contributed by atoms with Crippen LogP contribution >= 0.6 is 50.4 Å². The summed E-state index contributed by atoms with van der Waals surface area (Å²) >= 11 is 7.83. The number of hydrogen-bond acceptors (Lipinski definition) is 6. The molecule has 7 nitrogen and oxygen atoms in total. The summed E-state index contributed by atoms with van der Waals surface area (Å²) in [4.78, 5) is 33.1. The molecule has 2 fully saturated rings. The lowest BCUT2D eigenvalue weighted by atomic mass is 9.87. The monoisotopic (exact) mass is 555 g/mol. The first-order chi connectivity index (χ1) is 15.9. The first-order valence-corrected chi connectivity index (χ1v) is 12.7. The van der Waals surface area contributed by atoms with Crippen molar-refractivity contribution in [3.8, 4) is 0 Å². The molecule has 1 aromatic carbocycles. The maximum atomic E-state index is 13.4. The molecule has 190 valence electrons. The molecule has 1 N–H and O–H groups in total. The van der Waals surface area contributed by atoms with E-state index in [1.54, 1.807) is 29.9 Å². The molecular weight excluding hydrogens is 526 g/mol. The van der Waals surface area contributed by atoms with E-state index in [1.807, 2.05) is 12.3 Å². The summed E-state index contributed by atoms with van der Waals surface area (Å²) in [6.45, 7) is 0.605. The number of rotatable bonds is 8. The number of aliphatic carboxylic acids is 1. The van der Waals surface area contributed by atoms with Crippen molar-refractivity contribution in [2.24, 2.45) is 5.92 Å². The Bertz CT molecular complexity index is 1310. The van der Waals surface area contributed by atoms with Crippen LogP contribution in [0.5, 0.6) is 0 Å². The third-order valence-electron chi connectivity index (χ3n) is 6.75. The molecule has 0 atom stereocenters. The number of pyridine rings is 2. The largest absolute Gasteiger partial charge is 0.480 e. The van der Waals surface area contributed by atoms with Gasteiger partial charge in [0.2, 0.25) is 0 Å². The Morgan fingerprint density at radius 1 is 1.23 bits per heavy atom. The lowest BCUT2D eigenvalue weighted by Crippen LogP contribution is -2.49. The average Bonchev–Trinajstić information content (AvgIpc) is 3.58. The average molecular weight is 556 g/mol. The van der Waals surface area contributed by atoms with E-state index in [9.17, 15) is 14.7 Å². The normalized spacial score (nSPS) is 19.1. The molecule has 0 aliphatic heterocycles. The van der Waals surface area contributed by atoms with Crippen molar-refractivity contribution in [2.45, 2.75) is 49.3 Å². The van der Waals surface area contributed by atoms with Crippen molar-refractivity contribution in [3.63, 3.8) is 0 Å². The van der Waals surface area contributed by atoms with Crippen molar-refractivity contribution in [3.05, 3.63) is 39.5 Å². The van der Waals surface area contributed by atoms with Crippen LogP contribution < -0.4 is 10.3 Å². The fraction of sp³-hybridized carbons (Fsp3) is 0.458. The van der Waals surface area contributed by atoms with Crippen LogP contribution in [0.25, 0.3) is 21.9 Å². The molecule has 35 heavy (non-hydrogen) atoms. The van der Waals surface area contributed by atoms with Crippen molar-refractivity contribution in [2.75, 3.05) is 24.8 Å². The van der Waals surface area contributed by atoms with Gasteiger partial charge in [0, 0.05) is 25.1 Å². The second-order valence-electron chi connectivity index (χ2n) is 8.91. The maximum Gasteiger partial charge on any atom is 0.323 e. The van der Waals surface area contributed by atoms with E-state index >= 15 is 0 Å². The minimum atomic E-state index is -1.00. The molecule has 2 saturated carbocycles. The predicted octanol–water partition coefficient (Wildman–Crippen LogP) is 4.63. The highest BCUT2D eigenvalue weighted by Crippen LogP contribution is 2.38. The molecule has 0 saturated heterocycles. The SMILES string of the molecule is COC1CC(N(CC2CC2)c2ccc3c(=O)c4ccc(Cl)c(SC)c4n(CC(=O)O)c3n2)C1.S.S. The standard InChI is InChI=1S/C24H26ClN3O4S.2H2S/c1-32-15-9-14(10-15)27(11-13-3-4-13)19-8-6-17-22(31)16-5-7-18(25)23(33-2)21(16)28(12-20(29)30)24(17)26-19;;/h5-8,13-15H,3-4,9-12H2,1-2H3,(H,29,30);2*1H2. The van der Waals surface area contributed by atoms with Gasteiger partial charge in [-0.3, -0.25) is 9.59 Å². The van der Waals surface area contributed by atoms with Crippen LogP contribution in [0.1, 0.15) is 25.7 Å². The lowest BCUT2D eigenvalue weighted by molar-refractivity contribution is -0.137.